The van der Waals surface area contributed by atoms with Crippen molar-refractivity contribution in [1.82, 2.24) is 9.97 Å². The molecule has 0 unspecified atom stereocenters. The lowest BCUT2D eigenvalue weighted by Crippen LogP contribution is -2.12. The van der Waals surface area contributed by atoms with E-state index in [4.69, 9.17) is 23.2 Å². The highest BCUT2D eigenvalue weighted by molar-refractivity contribution is 7.92. The van der Waals surface area contributed by atoms with Gasteiger partial charge in [0.1, 0.15) is 0 Å². The summed E-state index contributed by atoms with van der Waals surface area (Å²) in [6.45, 7) is 0. The van der Waals surface area contributed by atoms with E-state index in [1.165, 1.54) is 12.1 Å². The minimum absolute atomic E-state index is 0.0465. The van der Waals surface area contributed by atoms with Gasteiger partial charge in [-0.3, -0.25) is 4.72 Å². The molecule has 5 rings (SSSR count). The highest BCUT2D eigenvalue weighted by Gasteiger charge is 2.19. The molecule has 2 heterocycles. The Morgan fingerprint density at radius 2 is 1.72 bits per heavy atom. The second-order valence-corrected chi connectivity index (χ2v) is 9.70. The number of hydrogen-bond donors (Lipinski definition) is 3. The van der Waals surface area contributed by atoms with E-state index in [0.29, 0.717) is 43.4 Å². The first kappa shape index (κ1) is 20.6. The maximum atomic E-state index is 12.8. The fourth-order valence-electron chi connectivity index (χ4n) is 3.61. The maximum absolute atomic E-state index is 12.8. The number of halogens is 2. The van der Waals surface area contributed by atoms with Gasteiger partial charge in [-0.05, 0) is 48.5 Å². The molecule has 0 bridgehead atoms. The molecule has 5 aromatic rings. The summed E-state index contributed by atoms with van der Waals surface area (Å²) >= 11 is 12.4. The third-order valence-electron chi connectivity index (χ3n) is 5.06. The predicted molar refractivity (Wildman–Crippen MR) is 128 cm³/mol. The zero-order chi connectivity index (χ0) is 22.5. The van der Waals surface area contributed by atoms with E-state index in [2.05, 4.69) is 14.7 Å². The van der Waals surface area contributed by atoms with Gasteiger partial charge in [0.05, 0.1) is 26.7 Å². The quantitative estimate of drug-likeness (QED) is 0.283. The number of pyridine rings is 1. The lowest BCUT2D eigenvalue weighted by Gasteiger charge is -2.09. The first-order chi connectivity index (χ1) is 15.3. The van der Waals surface area contributed by atoms with Crippen LogP contribution in [0.25, 0.3) is 33.1 Å². The highest BCUT2D eigenvalue weighted by Crippen LogP contribution is 2.39. The average molecular weight is 484 g/mol. The van der Waals surface area contributed by atoms with Crippen LogP contribution < -0.4 is 4.72 Å². The van der Waals surface area contributed by atoms with Crippen LogP contribution in [0.5, 0.6) is 5.88 Å². The number of anilines is 1. The molecule has 0 aliphatic carbocycles. The van der Waals surface area contributed by atoms with Gasteiger partial charge >= 0.3 is 0 Å². The molecular weight excluding hydrogens is 469 g/mol. The maximum Gasteiger partial charge on any atom is 0.261 e. The molecule has 6 nitrogen and oxygen atoms in total. The summed E-state index contributed by atoms with van der Waals surface area (Å²) in [6, 6.07) is 20.0. The van der Waals surface area contributed by atoms with E-state index < -0.39 is 10.0 Å². The Hall–Kier alpha value is -3.26. The van der Waals surface area contributed by atoms with Crippen molar-refractivity contribution < 1.29 is 13.5 Å². The largest absolute Gasteiger partial charge is 0.494 e. The third-order valence-corrected chi connectivity index (χ3v) is 6.99. The summed E-state index contributed by atoms with van der Waals surface area (Å²) in [5.41, 5.74) is 2.52. The number of sulfonamides is 1. The number of para-hydroxylation sites is 1. The van der Waals surface area contributed by atoms with Crippen LogP contribution in [-0.4, -0.2) is 23.5 Å². The molecule has 160 valence electrons. The van der Waals surface area contributed by atoms with Gasteiger partial charge in [0.2, 0.25) is 0 Å². The van der Waals surface area contributed by atoms with Crippen molar-refractivity contribution in [3.63, 3.8) is 0 Å². The fraction of sp³-hybridized carbons (Fsp3) is 0. The Morgan fingerprint density at radius 3 is 2.53 bits per heavy atom. The molecule has 0 radical (unpaired) electrons. The summed E-state index contributed by atoms with van der Waals surface area (Å²) in [6.07, 6.45) is 0. The summed E-state index contributed by atoms with van der Waals surface area (Å²) in [7, 11) is -3.85. The van der Waals surface area contributed by atoms with E-state index >= 15 is 0 Å². The Bertz CT molecular complexity index is 1610. The van der Waals surface area contributed by atoms with Crippen LogP contribution in [-0.2, 0) is 10.0 Å². The van der Waals surface area contributed by atoms with Crippen LogP contribution in [0.2, 0.25) is 10.0 Å². The van der Waals surface area contributed by atoms with Gasteiger partial charge in [-0.25, -0.2) is 13.4 Å². The van der Waals surface area contributed by atoms with Crippen molar-refractivity contribution in [3.05, 3.63) is 82.8 Å². The van der Waals surface area contributed by atoms with Crippen molar-refractivity contribution >= 4 is 60.7 Å². The zero-order valence-corrected chi connectivity index (χ0v) is 18.6. The Morgan fingerprint density at radius 1 is 0.906 bits per heavy atom. The molecular formula is C23H15Cl2N3O3S. The summed E-state index contributed by atoms with van der Waals surface area (Å²) in [5.74, 6) is -0.0892. The van der Waals surface area contributed by atoms with Crippen molar-refractivity contribution in [2.75, 3.05) is 4.72 Å². The minimum atomic E-state index is -3.85. The van der Waals surface area contributed by atoms with Crippen LogP contribution in [0.3, 0.4) is 0 Å². The number of aromatic amines is 1. The van der Waals surface area contributed by atoms with Crippen molar-refractivity contribution in [1.29, 1.82) is 0 Å². The number of aromatic hydroxyl groups is 1. The van der Waals surface area contributed by atoms with Crippen LogP contribution in [0, 0.1) is 0 Å². The van der Waals surface area contributed by atoms with Crippen molar-refractivity contribution in [2.24, 2.45) is 0 Å². The first-order valence-electron chi connectivity index (χ1n) is 9.50. The predicted octanol–water partition coefficient (Wildman–Crippen LogP) is 6.20. The molecule has 0 fully saturated rings. The van der Waals surface area contributed by atoms with Crippen LogP contribution in [0.1, 0.15) is 0 Å². The van der Waals surface area contributed by atoms with Crippen LogP contribution in [0.4, 0.5) is 5.69 Å². The number of fused-ring (bicyclic) bond motifs is 2. The number of aromatic nitrogens is 2. The van der Waals surface area contributed by atoms with Crippen molar-refractivity contribution in [3.8, 4) is 17.1 Å². The number of nitrogens with one attached hydrogen (secondary N) is 2. The van der Waals surface area contributed by atoms with Gasteiger partial charge in [-0.15, -0.1) is 0 Å². The third kappa shape index (κ3) is 3.64. The lowest BCUT2D eigenvalue weighted by molar-refractivity contribution is 0.460. The topological polar surface area (TPSA) is 95.1 Å². The Labute approximate surface area is 193 Å². The molecule has 0 spiro atoms. The van der Waals surface area contributed by atoms with E-state index in [1.54, 1.807) is 36.4 Å². The smallest absolute Gasteiger partial charge is 0.261 e. The van der Waals surface area contributed by atoms with Crippen molar-refractivity contribution in [2.45, 2.75) is 4.90 Å². The lowest BCUT2D eigenvalue weighted by atomic mass is 10.1. The summed E-state index contributed by atoms with van der Waals surface area (Å²) < 4.78 is 28.1. The van der Waals surface area contributed by atoms with E-state index in [1.807, 2.05) is 24.3 Å². The molecule has 0 amide bonds. The normalized spacial score (nSPS) is 11.8. The fourth-order valence-corrected chi connectivity index (χ4v) is 5.22. The Kier molecular flexibility index (Phi) is 4.97. The molecule has 3 N–H and O–H groups in total. The zero-order valence-electron chi connectivity index (χ0n) is 16.3. The minimum Gasteiger partial charge on any atom is -0.494 e. The summed E-state index contributed by atoms with van der Waals surface area (Å²) in [5, 5.41) is 12.8. The van der Waals surface area contributed by atoms with E-state index in [-0.39, 0.29) is 10.8 Å². The van der Waals surface area contributed by atoms with Gasteiger partial charge in [0.25, 0.3) is 10.0 Å². The number of H-pyrrole nitrogens is 1. The number of rotatable bonds is 4. The molecule has 2 aromatic heterocycles. The van der Waals surface area contributed by atoms with Crippen LogP contribution >= 0.6 is 23.2 Å². The van der Waals surface area contributed by atoms with Gasteiger partial charge in [0.15, 0.2) is 5.88 Å². The van der Waals surface area contributed by atoms with Gasteiger partial charge in [-0.1, -0.05) is 47.5 Å². The standard InChI is InChI=1S/C23H15Cl2N3O3S/c24-13-4-3-5-15(10-13)32(30,31)28-14-8-9-20-17(11-14)22(23(29)27-20)21-12-18(25)16-6-1-2-7-19(16)26-21/h1-12,27-29H. The van der Waals surface area contributed by atoms with E-state index in [9.17, 15) is 13.5 Å². The van der Waals surface area contributed by atoms with Gasteiger partial charge in [-0.2, -0.15) is 0 Å². The average Bonchev–Trinajstić information content (AvgIpc) is 3.08. The summed E-state index contributed by atoms with van der Waals surface area (Å²) in [4.78, 5) is 7.58. The molecule has 3 aromatic carbocycles. The first-order valence-corrected chi connectivity index (χ1v) is 11.7. The molecule has 0 aliphatic heterocycles. The van der Waals surface area contributed by atoms with Crippen LogP contribution in [0.15, 0.2) is 77.7 Å². The molecule has 0 atom stereocenters. The number of benzene rings is 3. The molecule has 0 aliphatic rings. The second-order valence-electron chi connectivity index (χ2n) is 7.18. The second kappa shape index (κ2) is 7.70. The van der Waals surface area contributed by atoms with E-state index in [0.717, 1.165) is 5.39 Å². The number of hydrogen-bond acceptors (Lipinski definition) is 4. The molecule has 0 saturated carbocycles. The SMILES string of the molecule is O=S(=O)(Nc1ccc2[nH]c(O)c(-c3cc(Cl)c4ccccc4n3)c2c1)c1cccc(Cl)c1. The van der Waals surface area contributed by atoms with Gasteiger partial charge in [0, 0.05) is 27.0 Å². The molecule has 32 heavy (non-hydrogen) atoms. The number of nitrogens with zero attached hydrogens (tertiary/aromatic N) is 1. The van der Waals surface area contributed by atoms with Gasteiger partial charge < -0.3 is 10.1 Å². The Balaban J connectivity index is 1.62. The highest BCUT2D eigenvalue weighted by atomic mass is 35.5. The molecule has 0 saturated heterocycles. The monoisotopic (exact) mass is 483 g/mol. The molecule has 9 heteroatoms.